The Labute approximate surface area is 199 Å². The van der Waals surface area contributed by atoms with Gasteiger partial charge in [-0.05, 0) is 43.3 Å². The number of hydrogen-bond acceptors (Lipinski definition) is 7. The van der Waals surface area contributed by atoms with E-state index >= 15 is 0 Å². The lowest BCUT2D eigenvalue weighted by atomic mass is 10.1. The molecule has 3 aromatic rings. The smallest absolute Gasteiger partial charge is 0.326 e. The predicted octanol–water partition coefficient (Wildman–Crippen LogP) is 4.59. The maximum atomic E-state index is 12.8. The summed E-state index contributed by atoms with van der Waals surface area (Å²) in [6, 6.07) is 14.0. The van der Waals surface area contributed by atoms with Crippen molar-refractivity contribution in [1.82, 2.24) is 9.47 Å². The van der Waals surface area contributed by atoms with E-state index in [1.807, 2.05) is 41.1 Å². The molecule has 0 spiro atoms. The summed E-state index contributed by atoms with van der Waals surface area (Å²) in [7, 11) is 0. The molecule has 34 heavy (non-hydrogen) atoms. The number of nitro groups is 1. The van der Waals surface area contributed by atoms with Crippen molar-refractivity contribution in [3.05, 3.63) is 80.9 Å². The van der Waals surface area contributed by atoms with Crippen molar-refractivity contribution in [3.63, 3.8) is 0 Å². The molecule has 2 amide bonds. The maximum absolute atomic E-state index is 12.8. The van der Waals surface area contributed by atoms with Gasteiger partial charge in [-0.2, -0.15) is 0 Å². The second kappa shape index (κ2) is 9.52. The first-order valence-corrected chi connectivity index (χ1v) is 11.3. The standard InChI is InChI=1S/C24H21N3O6S/c1-15(2)33-22(28)14-26-23(29)21(34-24(26)30)11-17-13-25(20-9-4-3-8-19(17)20)12-16-6-5-7-18(10-16)27(31)32/h3-11,13,15H,12,14H2,1-2H3/b21-11+. The van der Waals surface area contributed by atoms with E-state index in [0.29, 0.717) is 6.54 Å². The minimum atomic E-state index is -0.646. The van der Waals surface area contributed by atoms with Gasteiger partial charge in [0, 0.05) is 41.3 Å². The molecule has 2 heterocycles. The number of benzene rings is 2. The van der Waals surface area contributed by atoms with Crippen LogP contribution in [0.4, 0.5) is 10.5 Å². The van der Waals surface area contributed by atoms with Crippen molar-refractivity contribution in [1.29, 1.82) is 0 Å². The molecule has 0 N–H and O–H groups in total. The number of hydrogen-bond donors (Lipinski definition) is 0. The van der Waals surface area contributed by atoms with Crippen LogP contribution < -0.4 is 0 Å². The van der Waals surface area contributed by atoms with Crippen molar-refractivity contribution < 1.29 is 24.0 Å². The number of esters is 1. The molecule has 1 aliphatic rings. The number of carbonyl (C=O) groups is 3. The predicted molar refractivity (Wildman–Crippen MR) is 128 cm³/mol. The molecule has 1 fully saturated rings. The number of aromatic nitrogens is 1. The van der Waals surface area contributed by atoms with Crippen LogP contribution in [0.25, 0.3) is 17.0 Å². The zero-order valence-corrected chi connectivity index (χ0v) is 19.3. The highest BCUT2D eigenvalue weighted by molar-refractivity contribution is 8.18. The molecular formula is C24H21N3O6S. The third kappa shape index (κ3) is 4.86. The Bertz CT molecular complexity index is 1340. The highest BCUT2D eigenvalue weighted by atomic mass is 32.2. The Morgan fingerprint density at radius 1 is 1.18 bits per heavy atom. The molecule has 10 heteroatoms. The highest BCUT2D eigenvalue weighted by Gasteiger charge is 2.37. The number of nitrogens with zero attached hydrogens (tertiary/aromatic N) is 3. The molecule has 2 aromatic carbocycles. The molecule has 0 saturated carbocycles. The van der Waals surface area contributed by atoms with E-state index in [1.54, 1.807) is 26.0 Å². The summed E-state index contributed by atoms with van der Waals surface area (Å²) in [5.74, 6) is -1.20. The first kappa shape index (κ1) is 23.2. The Kier molecular flexibility index (Phi) is 6.51. The summed E-state index contributed by atoms with van der Waals surface area (Å²) < 4.78 is 6.98. The minimum absolute atomic E-state index is 0.0128. The van der Waals surface area contributed by atoms with E-state index in [4.69, 9.17) is 4.74 Å². The van der Waals surface area contributed by atoms with Crippen LogP contribution in [0.3, 0.4) is 0 Å². The van der Waals surface area contributed by atoms with E-state index in [9.17, 15) is 24.5 Å². The lowest BCUT2D eigenvalue weighted by molar-refractivity contribution is -0.384. The quantitative estimate of drug-likeness (QED) is 0.211. The highest BCUT2D eigenvalue weighted by Crippen LogP contribution is 2.34. The number of fused-ring (bicyclic) bond motifs is 1. The summed E-state index contributed by atoms with van der Waals surface area (Å²) in [6.45, 7) is 3.33. The molecule has 1 aromatic heterocycles. The first-order chi connectivity index (χ1) is 16.2. The second-order valence-corrected chi connectivity index (χ2v) is 8.96. The van der Waals surface area contributed by atoms with Gasteiger partial charge >= 0.3 is 5.97 Å². The van der Waals surface area contributed by atoms with Crippen LogP contribution in [0.2, 0.25) is 0 Å². The van der Waals surface area contributed by atoms with Gasteiger partial charge in [0.2, 0.25) is 0 Å². The summed E-state index contributed by atoms with van der Waals surface area (Å²) in [5, 5.41) is 11.4. The molecule has 0 unspecified atom stereocenters. The van der Waals surface area contributed by atoms with Crippen molar-refractivity contribution >= 4 is 51.5 Å². The summed E-state index contributed by atoms with van der Waals surface area (Å²) in [6.07, 6.45) is 3.12. The van der Waals surface area contributed by atoms with E-state index in [-0.39, 0.29) is 16.7 Å². The molecule has 174 valence electrons. The van der Waals surface area contributed by atoms with Crippen LogP contribution in [-0.2, 0) is 20.9 Å². The van der Waals surface area contributed by atoms with Crippen LogP contribution in [0.15, 0.2) is 59.6 Å². The Hall–Kier alpha value is -3.92. The van der Waals surface area contributed by atoms with Crippen LogP contribution in [-0.4, -0.2) is 44.2 Å². The molecule has 1 saturated heterocycles. The average molecular weight is 480 g/mol. The van der Waals surface area contributed by atoms with E-state index < -0.39 is 28.6 Å². The molecule has 1 aliphatic heterocycles. The van der Waals surface area contributed by atoms with Gasteiger partial charge in [0.1, 0.15) is 6.54 Å². The summed E-state index contributed by atoms with van der Waals surface area (Å²) >= 11 is 0.771. The molecule has 0 atom stereocenters. The maximum Gasteiger partial charge on any atom is 0.326 e. The number of para-hydroxylation sites is 1. The van der Waals surface area contributed by atoms with Gasteiger partial charge in [0.05, 0.1) is 15.9 Å². The first-order valence-electron chi connectivity index (χ1n) is 10.5. The fourth-order valence-corrected chi connectivity index (χ4v) is 4.52. The zero-order chi connectivity index (χ0) is 24.4. The topological polar surface area (TPSA) is 112 Å². The number of ether oxygens (including phenoxy) is 1. The third-order valence-electron chi connectivity index (χ3n) is 5.11. The van der Waals surface area contributed by atoms with Crippen molar-refractivity contribution in [2.24, 2.45) is 0 Å². The van der Waals surface area contributed by atoms with Gasteiger partial charge in [-0.1, -0.05) is 30.3 Å². The van der Waals surface area contributed by atoms with E-state index in [1.165, 1.54) is 12.1 Å². The van der Waals surface area contributed by atoms with Crippen LogP contribution in [0.5, 0.6) is 0 Å². The summed E-state index contributed by atoms with van der Waals surface area (Å²) in [5.41, 5.74) is 2.36. The van der Waals surface area contributed by atoms with E-state index in [0.717, 1.165) is 38.7 Å². The SMILES string of the molecule is CC(C)OC(=O)CN1C(=O)S/C(=C/c2cn(Cc3cccc([N+](=O)[O-])c3)c3ccccc23)C1=O. The number of thioether (sulfide) groups is 1. The molecule has 4 rings (SSSR count). The van der Waals surface area contributed by atoms with Gasteiger partial charge in [-0.3, -0.25) is 29.4 Å². The molecule has 0 radical (unpaired) electrons. The van der Waals surface area contributed by atoms with Gasteiger partial charge in [-0.25, -0.2) is 0 Å². The number of non-ortho nitro benzene ring substituents is 1. The normalized spacial score (nSPS) is 15.0. The Morgan fingerprint density at radius 3 is 2.68 bits per heavy atom. The fraction of sp³-hybridized carbons (Fsp3) is 0.208. The van der Waals surface area contributed by atoms with Crippen LogP contribution in [0.1, 0.15) is 25.0 Å². The van der Waals surface area contributed by atoms with Gasteiger partial charge < -0.3 is 9.30 Å². The summed E-state index contributed by atoms with van der Waals surface area (Å²) in [4.78, 5) is 48.9. The lowest BCUT2D eigenvalue weighted by Gasteiger charge is -2.13. The van der Waals surface area contributed by atoms with Crippen LogP contribution >= 0.6 is 11.8 Å². The Morgan fingerprint density at radius 2 is 1.94 bits per heavy atom. The van der Waals surface area contributed by atoms with Crippen LogP contribution in [0, 0.1) is 10.1 Å². The largest absolute Gasteiger partial charge is 0.462 e. The second-order valence-electron chi connectivity index (χ2n) is 7.96. The molecule has 0 bridgehead atoms. The monoisotopic (exact) mass is 479 g/mol. The molecular weight excluding hydrogens is 458 g/mol. The lowest BCUT2D eigenvalue weighted by Crippen LogP contribution is -2.35. The van der Waals surface area contributed by atoms with E-state index in [2.05, 4.69) is 0 Å². The van der Waals surface area contributed by atoms with Crippen molar-refractivity contribution in [2.75, 3.05) is 6.54 Å². The Balaban J connectivity index is 1.64. The number of nitro benzene ring substituents is 1. The average Bonchev–Trinajstić information content (AvgIpc) is 3.25. The molecule has 0 aliphatic carbocycles. The van der Waals surface area contributed by atoms with Crippen molar-refractivity contribution in [3.8, 4) is 0 Å². The number of rotatable bonds is 7. The fourth-order valence-electron chi connectivity index (χ4n) is 3.69. The molecule has 9 nitrogen and oxygen atoms in total. The zero-order valence-electron chi connectivity index (χ0n) is 18.5. The van der Waals surface area contributed by atoms with Gasteiger partial charge in [0.25, 0.3) is 16.8 Å². The minimum Gasteiger partial charge on any atom is -0.462 e. The number of amides is 2. The van der Waals surface area contributed by atoms with Gasteiger partial charge in [0.15, 0.2) is 0 Å². The number of imide groups is 1. The van der Waals surface area contributed by atoms with Crippen molar-refractivity contribution in [2.45, 2.75) is 26.5 Å². The number of carbonyl (C=O) groups excluding carboxylic acids is 3. The van der Waals surface area contributed by atoms with Gasteiger partial charge in [-0.15, -0.1) is 0 Å². The third-order valence-corrected chi connectivity index (χ3v) is 6.02.